The molecule has 10 nitrogen and oxygen atoms in total. The lowest BCUT2D eigenvalue weighted by Gasteiger charge is -2.04. The van der Waals surface area contributed by atoms with E-state index in [1.165, 1.54) is 14.2 Å². The van der Waals surface area contributed by atoms with E-state index in [9.17, 15) is 19.2 Å². The highest BCUT2D eigenvalue weighted by Gasteiger charge is 2.24. The molecule has 10 heteroatoms. The van der Waals surface area contributed by atoms with Crippen molar-refractivity contribution >= 4 is 47.7 Å². The second-order valence-corrected chi connectivity index (χ2v) is 11.3. The number of nitrogens with zero attached hydrogens (tertiary/aromatic N) is 1. The van der Waals surface area contributed by atoms with E-state index in [0.717, 1.165) is 61.2 Å². The van der Waals surface area contributed by atoms with Gasteiger partial charge in [0.05, 0.1) is 19.9 Å². The van der Waals surface area contributed by atoms with Crippen LogP contribution in [-0.2, 0) is 41.5 Å². The lowest BCUT2D eigenvalue weighted by molar-refractivity contribution is -0.141. The maximum atomic E-state index is 12.4. The Bertz CT molecular complexity index is 1830. The second kappa shape index (κ2) is 13.9. The zero-order chi connectivity index (χ0) is 33.0. The summed E-state index contributed by atoms with van der Waals surface area (Å²) >= 11 is 0. The fourth-order valence-corrected chi connectivity index (χ4v) is 5.98. The van der Waals surface area contributed by atoms with Crippen molar-refractivity contribution in [2.75, 3.05) is 14.2 Å². The normalized spacial score (nSPS) is 16.8. The highest BCUT2D eigenvalue weighted by Crippen LogP contribution is 2.28. The molecule has 2 aromatic rings. The van der Waals surface area contributed by atoms with Gasteiger partial charge in [0.15, 0.2) is 0 Å². The monoisotopic (exact) mass is 614 g/mol. The molecule has 2 aliphatic rings. The number of methoxy groups -OCH3 is 2. The first kappa shape index (κ1) is 33.2. The third kappa shape index (κ3) is 6.84. The van der Waals surface area contributed by atoms with Gasteiger partial charge in [-0.15, -0.1) is 0 Å². The average Bonchev–Trinajstić information content (AvgIpc) is 3.67. The number of esters is 2. The van der Waals surface area contributed by atoms with Gasteiger partial charge < -0.3 is 24.8 Å². The minimum Gasteiger partial charge on any atom is -0.469 e. The Morgan fingerprint density at radius 3 is 1.96 bits per heavy atom. The minimum atomic E-state index is -0.318. The van der Waals surface area contributed by atoms with Gasteiger partial charge in [-0.05, 0) is 105 Å². The number of H-pyrrole nitrogens is 2. The number of ether oxygens (including phenoxy) is 2. The van der Waals surface area contributed by atoms with E-state index in [0.29, 0.717) is 42.5 Å². The maximum absolute atomic E-state index is 12.4. The van der Waals surface area contributed by atoms with Crippen molar-refractivity contribution in [1.82, 2.24) is 15.3 Å². The molecule has 4 heterocycles. The topological polar surface area (TPSA) is 143 Å². The number of aromatic nitrogens is 2. The highest BCUT2D eigenvalue weighted by molar-refractivity contribution is 6.30. The van der Waals surface area contributed by atoms with Crippen LogP contribution in [0.4, 0.5) is 0 Å². The third-order valence-corrected chi connectivity index (χ3v) is 8.75. The summed E-state index contributed by atoms with van der Waals surface area (Å²) in [6.45, 7) is 11.6. The van der Waals surface area contributed by atoms with Crippen molar-refractivity contribution in [2.24, 2.45) is 4.99 Å². The number of aliphatic imine (C=N–C) groups is 1. The van der Waals surface area contributed by atoms with E-state index >= 15 is 0 Å². The molecule has 3 N–H and O–H groups in total. The summed E-state index contributed by atoms with van der Waals surface area (Å²) in [5.41, 5.74) is 9.96. The molecule has 238 valence electrons. The number of hydrogen-bond acceptors (Lipinski definition) is 6. The number of amides is 2. The summed E-state index contributed by atoms with van der Waals surface area (Å²) < 4.78 is 9.83. The zero-order valence-corrected chi connectivity index (χ0v) is 27.4. The molecule has 0 aromatic carbocycles. The molecular formula is C35H42N4O6. The summed E-state index contributed by atoms with van der Waals surface area (Å²) in [6, 6.07) is 0. The molecule has 4 rings (SSSR count). The molecule has 0 atom stereocenters. The van der Waals surface area contributed by atoms with Crippen LogP contribution in [0.3, 0.4) is 0 Å². The van der Waals surface area contributed by atoms with E-state index in [4.69, 9.17) is 9.47 Å². The highest BCUT2D eigenvalue weighted by atomic mass is 16.5. The number of carbonyl (C=O) groups excluding carboxylic acids is 4. The van der Waals surface area contributed by atoms with Crippen LogP contribution < -0.4 is 16.0 Å². The smallest absolute Gasteiger partial charge is 0.305 e. The van der Waals surface area contributed by atoms with Crippen molar-refractivity contribution in [3.8, 4) is 0 Å². The third-order valence-electron chi connectivity index (χ3n) is 8.75. The zero-order valence-electron chi connectivity index (χ0n) is 27.4. The Morgan fingerprint density at radius 2 is 1.36 bits per heavy atom. The van der Waals surface area contributed by atoms with E-state index in [1.54, 1.807) is 6.92 Å². The standard InChI is InChI=1S/C35H42N4O6/c1-9-22-20(5)34(42)38-28(22)15-26-18(3)24(11-13-32(40)44-7)30(36-26)17-31-25(12-14-33(41)45-8)19(4)27(37-31)16-29-23(10-2)21(6)35(43)39-29/h15-17,36-37H,9-14H2,1-8H3,(H,38,42)/b27-16+,28-15-,31-17-. The molecule has 0 saturated carbocycles. The van der Waals surface area contributed by atoms with E-state index < -0.39 is 0 Å². The number of aromatic amines is 2. The van der Waals surface area contributed by atoms with Crippen molar-refractivity contribution in [3.63, 3.8) is 0 Å². The van der Waals surface area contributed by atoms with Gasteiger partial charge in [-0.2, -0.15) is 0 Å². The molecule has 0 radical (unpaired) electrons. The molecule has 0 spiro atoms. The predicted molar refractivity (Wildman–Crippen MR) is 174 cm³/mol. The fourth-order valence-electron chi connectivity index (χ4n) is 5.98. The number of carbonyl (C=O) groups is 4. The van der Waals surface area contributed by atoms with Crippen molar-refractivity contribution in [2.45, 2.75) is 80.1 Å². The van der Waals surface area contributed by atoms with E-state index in [-0.39, 0.29) is 36.6 Å². The summed E-state index contributed by atoms with van der Waals surface area (Å²) in [7, 11) is 2.74. The largest absolute Gasteiger partial charge is 0.469 e. The van der Waals surface area contributed by atoms with E-state index in [2.05, 4.69) is 20.3 Å². The summed E-state index contributed by atoms with van der Waals surface area (Å²) in [4.78, 5) is 60.3. The first-order chi connectivity index (χ1) is 21.4. The van der Waals surface area contributed by atoms with Gasteiger partial charge in [-0.3, -0.25) is 19.2 Å². The Labute approximate surface area is 263 Å². The molecule has 45 heavy (non-hydrogen) atoms. The summed E-state index contributed by atoms with van der Waals surface area (Å²) in [5, 5.41) is 4.54. The van der Waals surface area contributed by atoms with Crippen molar-refractivity contribution < 1.29 is 28.7 Å². The Kier molecular flexibility index (Phi) is 10.3. The van der Waals surface area contributed by atoms with Crippen LogP contribution in [0.1, 0.15) is 87.0 Å². The summed E-state index contributed by atoms with van der Waals surface area (Å²) in [6.07, 6.45) is 8.45. The molecule has 0 saturated heterocycles. The maximum Gasteiger partial charge on any atom is 0.305 e. The summed E-state index contributed by atoms with van der Waals surface area (Å²) in [5.74, 6) is -0.967. The van der Waals surface area contributed by atoms with Crippen LogP contribution in [0.5, 0.6) is 0 Å². The van der Waals surface area contributed by atoms with Crippen LogP contribution in [0.25, 0.3) is 18.2 Å². The molecule has 2 aromatic heterocycles. The van der Waals surface area contributed by atoms with Crippen LogP contribution in [0.2, 0.25) is 0 Å². The Hall–Kier alpha value is -4.73. The van der Waals surface area contributed by atoms with Gasteiger partial charge in [-0.25, -0.2) is 4.99 Å². The van der Waals surface area contributed by atoms with Gasteiger partial charge >= 0.3 is 11.9 Å². The number of rotatable bonds is 11. The van der Waals surface area contributed by atoms with Gasteiger partial charge in [0.2, 0.25) is 0 Å². The fraction of sp³-hybridized carbons (Fsp3) is 0.400. The lowest BCUT2D eigenvalue weighted by atomic mass is 10.0. The quantitative estimate of drug-likeness (QED) is 0.330. The van der Waals surface area contributed by atoms with Gasteiger partial charge in [0.1, 0.15) is 0 Å². The molecule has 0 unspecified atom stereocenters. The Balaban J connectivity index is 1.92. The van der Waals surface area contributed by atoms with E-state index in [1.807, 2.05) is 52.8 Å². The van der Waals surface area contributed by atoms with Gasteiger partial charge in [-0.1, -0.05) is 13.8 Å². The molecule has 0 fully saturated rings. The van der Waals surface area contributed by atoms with Crippen molar-refractivity contribution in [1.29, 1.82) is 0 Å². The van der Waals surface area contributed by atoms with Crippen LogP contribution in [0, 0.1) is 13.8 Å². The minimum absolute atomic E-state index is 0.106. The number of allylic oxidation sites excluding steroid dienone is 2. The number of hydrogen-bond donors (Lipinski definition) is 3. The number of nitrogens with one attached hydrogen (secondary N) is 3. The SMILES string of the molecule is CCC1=C(C)C(=O)N=C1/C=c1/[nH]/c(=C\c2[nH]c(/C=C3\NC(=O)C(C)=C3CC)c(C)c2CCC(=O)OC)c(CCC(=O)OC)c1C. The second-order valence-electron chi connectivity index (χ2n) is 11.3. The molecule has 0 bridgehead atoms. The Morgan fingerprint density at radius 1 is 0.733 bits per heavy atom. The lowest BCUT2D eigenvalue weighted by Crippen LogP contribution is -2.15. The average molecular weight is 615 g/mol. The predicted octanol–water partition coefficient (Wildman–Crippen LogP) is 3.69. The van der Waals surface area contributed by atoms with Crippen LogP contribution >= 0.6 is 0 Å². The van der Waals surface area contributed by atoms with Crippen LogP contribution in [0.15, 0.2) is 33.0 Å². The van der Waals surface area contributed by atoms with Crippen LogP contribution in [-0.4, -0.2) is 53.7 Å². The van der Waals surface area contributed by atoms with Gasteiger partial charge in [0.25, 0.3) is 11.8 Å². The first-order valence-electron chi connectivity index (χ1n) is 15.3. The van der Waals surface area contributed by atoms with Gasteiger partial charge in [0, 0.05) is 51.8 Å². The first-order valence-corrected chi connectivity index (χ1v) is 15.3. The molecule has 0 aliphatic carbocycles. The molecule has 2 amide bonds. The molecule has 2 aliphatic heterocycles. The molecular weight excluding hydrogens is 572 g/mol. The van der Waals surface area contributed by atoms with Crippen molar-refractivity contribution in [3.05, 3.63) is 72.3 Å².